The molecule has 2 aromatic rings. The molecular weight excluding hydrogens is 513 g/mol. The van der Waals surface area contributed by atoms with Crippen LogP contribution in [0.3, 0.4) is 0 Å². The number of nitrogens with two attached hydrogens (primary N) is 1. The maximum absolute atomic E-state index is 12.9. The van der Waals surface area contributed by atoms with Gasteiger partial charge in [-0.25, -0.2) is 9.78 Å². The lowest BCUT2D eigenvalue weighted by Crippen LogP contribution is -2.37. The Morgan fingerprint density at radius 1 is 1.13 bits per heavy atom. The molecule has 1 aromatic carbocycles. The van der Waals surface area contributed by atoms with E-state index in [0.29, 0.717) is 50.8 Å². The van der Waals surface area contributed by atoms with Crippen LogP contribution < -0.4 is 20.9 Å². The maximum atomic E-state index is 12.9. The van der Waals surface area contributed by atoms with Crippen molar-refractivity contribution in [2.75, 3.05) is 61.1 Å². The molecule has 4 heterocycles. The fourth-order valence-corrected chi connectivity index (χ4v) is 5.43. The largest absolute Gasteiger partial charge is 0.389 e. The summed E-state index contributed by atoms with van der Waals surface area (Å²) < 4.78 is 43.8. The van der Waals surface area contributed by atoms with E-state index >= 15 is 0 Å². The first kappa shape index (κ1) is 27.2. The number of alkyl halides is 3. The summed E-state index contributed by atoms with van der Waals surface area (Å²) in [5, 5.41) is 2.85. The van der Waals surface area contributed by atoms with Crippen LogP contribution in [0.2, 0.25) is 0 Å². The average molecular weight is 547 g/mol. The van der Waals surface area contributed by atoms with Gasteiger partial charge in [0.05, 0.1) is 13.2 Å². The fraction of sp³-hybridized carbons (Fsp3) is 0.519. The van der Waals surface area contributed by atoms with E-state index in [2.05, 4.69) is 10.2 Å². The second-order valence-corrected chi connectivity index (χ2v) is 10.5. The van der Waals surface area contributed by atoms with Crippen LogP contribution >= 0.6 is 0 Å². The minimum absolute atomic E-state index is 0.0761. The number of hydrogen-bond acceptors (Lipinski definition) is 6. The summed E-state index contributed by atoms with van der Waals surface area (Å²) in [6.45, 7) is 5.20. The average Bonchev–Trinajstić information content (AvgIpc) is 3.49. The minimum atomic E-state index is -4.24. The predicted molar refractivity (Wildman–Crippen MR) is 142 cm³/mol. The van der Waals surface area contributed by atoms with Crippen LogP contribution in [-0.4, -0.2) is 80.0 Å². The molecular formula is C27H33F3N6O3. The number of benzene rings is 1. The third kappa shape index (κ3) is 6.44. The van der Waals surface area contributed by atoms with Gasteiger partial charge in [-0.05, 0) is 60.2 Å². The van der Waals surface area contributed by atoms with Crippen molar-refractivity contribution in [1.29, 1.82) is 0 Å². The highest BCUT2D eigenvalue weighted by atomic mass is 19.4. The number of carbonyl (C=O) groups excluding carboxylic acids is 2. The van der Waals surface area contributed by atoms with Gasteiger partial charge in [0.1, 0.15) is 11.6 Å². The second kappa shape index (κ2) is 11.0. The van der Waals surface area contributed by atoms with Crippen molar-refractivity contribution in [3.63, 3.8) is 0 Å². The number of ether oxygens (including phenoxy) is 1. The first-order valence-corrected chi connectivity index (χ1v) is 13.2. The van der Waals surface area contributed by atoms with Gasteiger partial charge in [-0.15, -0.1) is 0 Å². The number of likely N-dealkylation sites (tertiary alicyclic amines) is 1. The molecule has 1 aromatic heterocycles. The molecule has 210 valence electrons. The SMILES string of the molecule is Cc1ccc(NC(=O)N2CCC(CC(F)(F)F)C2)cc1-c1cc(N2CCOCC2)nc(N2C[C@@H](N)CC2=O)c1. The van der Waals surface area contributed by atoms with Gasteiger partial charge in [-0.3, -0.25) is 9.69 Å². The van der Waals surface area contributed by atoms with E-state index in [0.717, 1.165) is 22.5 Å². The number of rotatable bonds is 5. The minimum Gasteiger partial charge on any atom is -0.378 e. The summed E-state index contributed by atoms with van der Waals surface area (Å²) in [6, 6.07) is 8.64. The number of nitrogens with zero attached hydrogens (tertiary/aromatic N) is 4. The Bertz CT molecular complexity index is 1230. The van der Waals surface area contributed by atoms with Crippen molar-refractivity contribution in [1.82, 2.24) is 9.88 Å². The Balaban J connectivity index is 1.40. The van der Waals surface area contributed by atoms with Crippen LogP contribution in [0.4, 0.5) is 35.3 Å². The number of hydrogen-bond donors (Lipinski definition) is 2. The zero-order valence-corrected chi connectivity index (χ0v) is 21.8. The number of morpholine rings is 1. The number of nitrogens with one attached hydrogen (secondary N) is 1. The van der Waals surface area contributed by atoms with E-state index in [9.17, 15) is 22.8 Å². The summed E-state index contributed by atoms with van der Waals surface area (Å²) in [4.78, 5) is 35.5. The Kier molecular flexibility index (Phi) is 7.68. The Morgan fingerprint density at radius 2 is 1.87 bits per heavy atom. The van der Waals surface area contributed by atoms with Crippen molar-refractivity contribution >= 4 is 29.3 Å². The summed E-state index contributed by atoms with van der Waals surface area (Å²) >= 11 is 0. The van der Waals surface area contributed by atoms with Crippen molar-refractivity contribution in [2.24, 2.45) is 11.7 Å². The van der Waals surface area contributed by atoms with Crippen LogP contribution in [-0.2, 0) is 9.53 Å². The lowest BCUT2D eigenvalue weighted by atomic mass is 10.00. The second-order valence-electron chi connectivity index (χ2n) is 10.5. The molecule has 0 saturated carbocycles. The van der Waals surface area contributed by atoms with Gasteiger partial charge in [-0.2, -0.15) is 13.2 Å². The van der Waals surface area contributed by atoms with E-state index in [4.69, 9.17) is 15.5 Å². The van der Waals surface area contributed by atoms with Gasteiger partial charge >= 0.3 is 12.2 Å². The molecule has 3 N–H and O–H groups in total. The molecule has 3 aliphatic rings. The van der Waals surface area contributed by atoms with Crippen molar-refractivity contribution in [3.8, 4) is 11.1 Å². The van der Waals surface area contributed by atoms with E-state index in [-0.39, 0.29) is 31.5 Å². The molecule has 3 amide bonds. The normalized spacial score (nSPS) is 22.1. The van der Waals surface area contributed by atoms with Gasteiger partial charge in [0.2, 0.25) is 5.91 Å². The standard InChI is InChI=1S/C27H33F3N6O3/c1-17-2-3-21(32-26(38)35-5-4-18(15-35)14-27(28,29)30)13-22(17)19-10-23(34-6-8-39-9-7-34)33-24(11-19)36-16-20(31)12-25(36)37/h2-3,10-11,13,18,20H,4-9,12,14-16,31H2,1H3,(H,32,38)/t18?,20-/m0/s1. The number of carbonyl (C=O) groups is 2. The Labute approximate surface area is 225 Å². The highest BCUT2D eigenvalue weighted by molar-refractivity contribution is 5.96. The summed E-state index contributed by atoms with van der Waals surface area (Å²) in [6.07, 6.45) is -4.53. The molecule has 3 fully saturated rings. The zero-order chi connectivity index (χ0) is 27.7. The summed E-state index contributed by atoms with van der Waals surface area (Å²) in [5.41, 5.74) is 9.21. The molecule has 3 aliphatic heterocycles. The van der Waals surface area contributed by atoms with Crippen LogP contribution in [0, 0.1) is 12.8 Å². The van der Waals surface area contributed by atoms with Crippen LogP contribution in [0.1, 0.15) is 24.8 Å². The maximum Gasteiger partial charge on any atom is 0.389 e. The zero-order valence-electron chi connectivity index (χ0n) is 21.8. The van der Waals surface area contributed by atoms with E-state index < -0.39 is 24.5 Å². The highest BCUT2D eigenvalue weighted by Gasteiger charge is 2.36. The lowest BCUT2D eigenvalue weighted by Gasteiger charge is -2.29. The molecule has 3 saturated heterocycles. The van der Waals surface area contributed by atoms with Gasteiger partial charge in [-0.1, -0.05) is 6.07 Å². The molecule has 5 rings (SSSR count). The molecule has 0 aliphatic carbocycles. The van der Waals surface area contributed by atoms with Crippen LogP contribution in [0.15, 0.2) is 30.3 Å². The monoisotopic (exact) mass is 546 g/mol. The van der Waals surface area contributed by atoms with Gasteiger partial charge in [0, 0.05) is 57.3 Å². The topological polar surface area (TPSA) is 104 Å². The number of pyridine rings is 1. The van der Waals surface area contributed by atoms with E-state index in [1.54, 1.807) is 11.0 Å². The number of anilines is 3. The van der Waals surface area contributed by atoms with Gasteiger partial charge in [0.25, 0.3) is 0 Å². The summed E-state index contributed by atoms with van der Waals surface area (Å²) in [7, 11) is 0. The number of amides is 3. The first-order chi connectivity index (χ1) is 18.6. The molecule has 0 spiro atoms. The number of halogens is 3. The van der Waals surface area contributed by atoms with Crippen molar-refractivity contribution in [2.45, 2.75) is 38.4 Å². The number of urea groups is 1. The van der Waals surface area contributed by atoms with Gasteiger partial charge in [0.15, 0.2) is 0 Å². The molecule has 0 radical (unpaired) electrons. The molecule has 9 nitrogen and oxygen atoms in total. The highest BCUT2D eigenvalue weighted by Crippen LogP contribution is 2.34. The van der Waals surface area contributed by atoms with Crippen LogP contribution in [0.5, 0.6) is 0 Å². The van der Waals surface area contributed by atoms with Gasteiger partial charge < -0.3 is 25.6 Å². The molecule has 1 unspecified atom stereocenters. The smallest absolute Gasteiger partial charge is 0.378 e. The third-order valence-electron chi connectivity index (χ3n) is 7.46. The van der Waals surface area contributed by atoms with E-state index in [1.165, 1.54) is 4.90 Å². The fourth-order valence-electron chi connectivity index (χ4n) is 5.43. The van der Waals surface area contributed by atoms with Crippen molar-refractivity contribution < 1.29 is 27.5 Å². The van der Waals surface area contributed by atoms with E-state index in [1.807, 2.05) is 31.2 Å². The molecule has 12 heteroatoms. The summed E-state index contributed by atoms with van der Waals surface area (Å²) in [5.74, 6) is 0.584. The molecule has 2 atom stereocenters. The Morgan fingerprint density at radius 3 is 2.56 bits per heavy atom. The number of aryl methyl sites for hydroxylation is 1. The number of aromatic nitrogens is 1. The quantitative estimate of drug-likeness (QED) is 0.592. The Hall–Kier alpha value is -3.38. The molecule has 39 heavy (non-hydrogen) atoms. The third-order valence-corrected chi connectivity index (χ3v) is 7.46. The predicted octanol–water partition coefficient (Wildman–Crippen LogP) is 3.76. The first-order valence-electron chi connectivity index (χ1n) is 13.2. The lowest BCUT2D eigenvalue weighted by molar-refractivity contribution is -0.143. The molecule has 0 bridgehead atoms. The van der Waals surface area contributed by atoms with Crippen molar-refractivity contribution in [3.05, 3.63) is 35.9 Å². The van der Waals surface area contributed by atoms with Crippen LogP contribution in [0.25, 0.3) is 11.1 Å².